The maximum absolute atomic E-state index is 11.9. The van der Waals surface area contributed by atoms with Gasteiger partial charge in [0.25, 0.3) is 5.91 Å². The highest BCUT2D eigenvalue weighted by Gasteiger charge is 2.08. The maximum Gasteiger partial charge on any atom is 0.333 e. The summed E-state index contributed by atoms with van der Waals surface area (Å²) in [4.78, 5) is 23.2. The lowest BCUT2D eigenvalue weighted by atomic mass is 10.2. The Kier molecular flexibility index (Phi) is 7.08. The van der Waals surface area contributed by atoms with E-state index in [1.54, 1.807) is 24.3 Å². The van der Waals surface area contributed by atoms with Crippen molar-refractivity contribution in [3.8, 4) is 5.75 Å². The molecule has 6 heteroatoms. The molecule has 0 aliphatic rings. The van der Waals surface area contributed by atoms with Crippen LogP contribution in [0.1, 0.15) is 37.6 Å². The SMILES string of the molecule is CCCNC(=O)NNC(=O)c1cccc(OCC(C)C)c1. The van der Waals surface area contributed by atoms with Gasteiger partial charge in [0, 0.05) is 12.1 Å². The fourth-order valence-electron chi connectivity index (χ4n) is 1.46. The zero-order valence-electron chi connectivity index (χ0n) is 12.7. The molecule has 6 nitrogen and oxygen atoms in total. The number of urea groups is 1. The van der Waals surface area contributed by atoms with Crippen LogP contribution in [0.4, 0.5) is 4.79 Å². The minimum Gasteiger partial charge on any atom is -0.493 e. The molecule has 0 bridgehead atoms. The summed E-state index contributed by atoms with van der Waals surface area (Å²) in [5.41, 5.74) is 5.06. The molecule has 0 fully saturated rings. The fourth-order valence-corrected chi connectivity index (χ4v) is 1.46. The largest absolute Gasteiger partial charge is 0.493 e. The van der Waals surface area contributed by atoms with Crippen LogP contribution in [0.5, 0.6) is 5.75 Å². The lowest BCUT2D eigenvalue weighted by Crippen LogP contribution is -2.47. The average Bonchev–Trinajstić information content (AvgIpc) is 2.48. The van der Waals surface area contributed by atoms with Crippen molar-refractivity contribution in [3.63, 3.8) is 0 Å². The lowest BCUT2D eigenvalue weighted by Gasteiger charge is -2.11. The van der Waals surface area contributed by atoms with Crippen LogP contribution in [0.15, 0.2) is 24.3 Å². The molecule has 0 unspecified atom stereocenters. The van der Waals surface area contributed by atoms with Crippen LogP contribution in [0.3, 0.4) is 0 Å². The van der Waals surface area contributed by atoms with Gasteiger partial charge in [0.2, 0.25) is 0 Å². The Hall–Kier alpha value is -2.24. The topological polar surface area (TPSA) is 79.5 Å². The molecule has 21 heavy (non-hydrogen) atoms. The summed E-state index contributed by atoms with van der Waals surface area (Å²) in [5, 5.41) is 2.59. The highest BCUT2D eigenvalue weighted by atomic mass is 16.5. The molecular weight excluding hydrogens is 270 g/mol. The minimum atomic E-state index is -0.433. The van der Waals surface area contributed by atoms with E-state index in [1.807, 2.05) is 6.92 Å². The number of hydrazine groups is 1. The van der Waals surface area contributed by atoms with Crippen LogP contribution in [0.25, 0.3) is 0 Å². The van der Waals surface area contributed by atoms with E-state index in [9.17, 15) is 9.59 Å². The highest BCUT2D eigenvalue weighted by molar-refractivity contribution is 5.95. The van der Waals surface area contributed by atoms with Crippen molar-refractivity contribution in [1.29, 1.82) is 0 Å². The first-order chi connectivity index (χ1) is 10.0. The van der Waals surface area contributed by atoms with Crippen molar-refractivity contribution in [2.75, 3.05) is 13.2 Å². The molecule has 0 atom stereocenters. The Balaban J connectivity index is 2.50. The van der Waals surface area contributed by atoms with Crippen molar-refractivity contribution in [2.45, 2.75) is 27.2 Å². The van der Waals surface area contributed by atoms with Crippen molar-refractivity contribution in [2.24, 2.45) is 5.92 Å². The molecule has 0 saturated carbocycles. The third-order valence-electron chi connectivity index (χ3n) is 2.50. The zero-order valence-corrected chi connectivity index (χ0v) is 12.7. The van der Waals surface area contributed by atoms with Crippen molar-refractivity contribution in [1.82, 2.24) is 16.2 Å². The Labute approximate surface area is 125 Å². The second-order valence-electron chi connectivity index (χ2n) is 5.07. The second-order valence-corrected chi connectivity index (χ2v) is 5.07. The molecule has 0 heterocycles. The molecule has 0 saturated heterocycles. The summed E-state index contributed by atoms with van der Waals surface area (Å²) < 4.78 is 5.56. The lowest BCUT2D eigenvalue weighted by molar-refractivity contribution is 0.0936. The average molecular weight is 293 g/mol. The Morgan fingerprint density at radius 1 is 1.24 bits per heavy atom. The van der Waals surface area contributed by atoms with Crippen molar-refractivity contribution < 1.29 is 14.3 Å². The standard InChI is InChI=1S/C15H23N3O3/c1-4-8-16-15(20)18-17-14(19)12-6-5-7-13(9-12)21-10-11(2)3/h5-7,9,11H,4,8,10H2,1-3H3,(H,17,19)(H2,16,18,20). The first-order valence-electron chi connectivity index (χ1n) is 7.10. The van der Waals surface area contributed by atoms with Crippen LogP contribution < -0.4 is 20.9 Å². The van der Waals surface area contributed by atoms with Gasteiger partial charge in [-0.3, -0.25) is 10.2 Å². The summed E-state index contributed by atoms with van der Waals surface area (Å²) in [6.07, 6.45) is 0.830. The highest BCUT2D eigenvalue weighted by Crippen LogP contribution is 2.14. The summed E-state index contributed by atoms with van der Waals surface area (Å²) in [6, 6.07) is 6.40. The van der Waals surface area contributed by atoms with Gasteiger partial charge in [-0.2, -0.15) is 0 Å². The molecule has 1 rings (SSSR count). The molecular formula is C15H23N3O3. The van der Waals surface area contributed by atoms with E-state index in [1.165, 1.54) is 0 Å². The molecule has 1 aromatic rings. The first kappa shape index (κ1) is 16.8. The monoisotopic (exact) mass is 293 g/mol. The van der Waals surface area contributed by atoms with Crippen LogP contribution in [-0.4, -0.2) is 25.1 Å². The number of benzene rings is 1. The van der Waals surface area contributed by atoms with Crippen LogP contribution >= 0.6 is 0 Å². The molecule has 0 radical (unpaired) electrons. The molecule has 0 spiro atoms. The van der Waals surface area contributed by atoms with Gasteiger partial charge in [0.1, 0.15) is 5.75 Å². The molecule has 116 valence electrons. The molecule has 3 amide bonds. The second kappa shape index (κ2) is 8.84. The summed E-state index contributed by atoms with van der Waals surface area (Å²) >= 11 is 0. The van der Waals surface area contributed by atoms with Gasteiger partial charge in [-0.15, -0.1) is 0 Å². The quantitative estimate of drug-likeness (QED) is 0.703. The Morgan fingerprint density at radius 3 is 2.67 bits per heavy atom. The summed E-state index contributed by atoms with van der Waals surface area (Å²) in [6.45, 7) is 7.19. The molecule has 0 aliphatic carbocycles. The maximum atomic E-state index is 11.9. The van der Waals surface area contributed by atoms with Gasteiger partial charge in [-0.05, 0) is 30.5 Å². The van der Waals surface area contributed by atoms with E-state index >= 15 is 0 Å². The van der Waals surface area contributed by atoms with Crippen LogP contribution in [0.2, 0.25) is 0 Å². The van der Waals surface area contributed by atoms with Gasteiger partial charge in [0.15, 0.2) is 0 Å². The number of ether oxygens (including phenoxy) is 1. The Bertz CT molecular complexity index is 475. The van der Waals surface area contributed by atoms with E-state index in [2.05, 4.69) is 30.0 Å². The van der Waals surface area contributed by atoms with Crippen LogP contribution in [-0.2, 0) is 0 Å². The number of rotatable bonds is 6. The number of amides is 3. The van der Waals surface area contributed by atoms with E-state index in [0.717, 1.165) is 6.42 Å². The van der Waals surface area contributed by atoms with Gasteiger partial charge in [0.05, 0.1) is 6.61 Å². The number of hydrogen-bond acceptors (Lipinski definition) is 3. The first-order valence-corrected chi connectivity index (χ1v) is 7.10. The minimum absolute atomic E-state index is 0.392. The van der Waals surface area contributed by atoms with E-state index < -0.39 is 11.9 Å². The van der Waals surface area contributed by atoms with Crippen LogP contribution in [0, 0.1) is 5.92 Å². The number of hydrogen-bond donors (Lipinski definition) is 3. The number of carbonyl (C=O) groups is 2. The third kappa shape index (κ3) is 6.65. The van der Waals surface area contributed by atoms with Crippen molar-refractivity contribution in [3.05, 3.63) is 29.8 Å². The normalized spacial score (nSPS) is 10.1. The predicted molar refractivity (Wildman–Crippen MR) is 81.1 cm³/mol. The fraction of sp³-hybridized carbons (Fsp3) is 0.467. The third-order valence-corrected chi connectivity index (χ3v) is 2.50. The van der Waals surface area contributed by atoms with Gasteiger partial charge in [-0.1, -0.05) is 26.8 Å². The summed E-state index contributed by atoms with van der Waals surface area (Å²) in [5.74, 6) is 0.648. The molecule has 0 aliphatic heterocycles. The zero-order chi connectivity index (χ0) is 15.7. The molecule has 0 aromatic heterocycles. The van der Waals surface area contributed by atoms with E-state index in [0.29, 0.717) is 30.4 Å². The smallest absolute Gasteiger partial charge is 0.333 e. The molecule has 3 N–H and O–H groups in total. The Morgan fingerprint density at radius 2 is 2.00 bits per heavy atom. The summed E-state index contributed by atoms with van der Waals surface area (Å²) in [7, 11) is 0. The number of carbonyl (C=O) groups excluding carboxylic acids is 2. The van der Waals surface area contributed by atoms with Gasteiger partial charge in [-0.25, -0.2) is 10.2 Å². The van der Waals surface area contributed by atoms with Crippen molar-refractivity contribution >= 4 is 11.9 Å². The van der Waals surface area contributed by atoms with Gasteiger partial charge >= 0.3 is 6.03 Å². The molecule has 1 aromatic carbocycles. The predicted octanol–water partition coefficient (Wildman–Crippen LogP) is 2.08. The van der Waals surface area contributed by atoms with Gasteiger partial charge < -0.3 is 10.1 Å². The van der Waals surface area contributed by atoms with E-state index in [-0.39, 0.29) is 0 Å². The van der Waals surface area contributed by atoms with E-state index in [4.69, 9.17) is 4.74 Å². The number of nitrogens with one attached hydrogen (secondary N) is 3.